The first kappa shape index (κ1) is 12.7. The molecule has 0 aliphatic rings. The van der Waals surface area contributed by atoms with Crippen molar-refractivity contribution in [3.05, 3.63) is 15.9 Å². The Morgan fingerprint density at radius 1 is 1.53 bits per heavy atom. The highest BCUT2D eigenvalue weighted by atomic mass is 79.9. The van der Waals surface area contributed by atoms with E-state index in [1.54, 1.807) is 0 Å². The topological polar surface area (TPSA) is 29.9 Å². The van der Waals surface area contributed by atoms with Gasteiger partial charge in [0.2, 0.25) is 0 Å². The Balaban J connectivity index is 2.63. The zero-order valence-electron chi connectivity index (χ0n) is 9.97. The van der Waals surface area contributed by atoms with E-state index in [2.05, 4.69) is 33.3 Å². The molecule has 0 aliphatic carbocycles. The quantitative estimate of drug-likeness (QED) is 0.892. The lowest BCUT2D eigenvalue weighted by molar-refractivity contribution is 0.496. The molecule has 0 fully saturated rings. The van der Waals surface area contributed by atoms with E-state index < -0.39 is 0 Å². The fraction of sp³-hybridized carbons (Fsp3) is 0.727. The maximum Gasteiger partial charge on any atom is 0.0738 e. The lowest BCUT2D eigenvalue weighted by Crippen LogP contribution is -2.14. The summed E-state index contributed by atoms with van der Waals surface area (Å²) in [6.45, 7) is 5.40. The summed E-state index contributed by atoms with van der Waals surface area (Å²) in [5.74, 6) is 0.684. The molecular weight excluding hydrogens is 254 g/mol. The number of halogens is 1. The molecule has 15 heavy (non-hydrogen) atoms. The van der Waals surface area contributed by atoms with Crippen LogP contribution in [0.1, 0.15) is 24.7 Å². The van der Waals surface area contributed by atoms with E-state index in [1.807, 2.05) is 25.7 Å². The standard InChI is InChI=1S/C11H20BrN3/c1-8(5-6-13-3)7-10-11(12)9(2)14-15(10)4/h8,13H,5-7H2,1-4H3. The summed E-state index contributed by atoms with van der Waals surface area (Å²) in [5, 5.41) is 7.58. The van der Waals surface area contributed by atoms with E-state index in [1.165, 1.54) is 16.6 Å². The first-order valence-electron chi connectivity index (χ1n) is 5.38. The van der Waals surface area contributed by atoms with E-state index in [4.69, 9.17) is 0 Å². The maximum atomic E-state index is 4.40. The van der Waals surface area contributed by atoms with E-state index in [-0.39, 0.29) is 0 Å². The van der Waals surface area contributed by atoms with Gasteiger partial charge in [0, 0.05) is 7.05 Å². The fourth-order valence-corrected chi connectivity index (χ4v) is 2.22. The van der Waals surface area contributed by atoms with E-state index in [0.717, 1.165) is 18.7 Å². The molecule has 1 unspecified atom stereocenters. The fourth-order valence-electron chi connectivity index (χ4n) is 1.72. The molecule has 0 aromatic carbocycles. The van der Waals surface area contributed by atoms with Crippen LogP contribution in [0.25, 0.3) is 0 Å². The molecule has 0 amide bonds. The number of aromatic nitrogens is 2. The molecule has 1 rings (SSSR count). The Morgan fingerprint density at radius 2 is 2.20 bits per heavy atom. The first-order chi connectivity index (χ1) is 7.06. The monoisotopic (exact) mass is 273 g/mol. The Hall–Kier alpha value is -0.350. The van der Waals surface area contributed by atoms with Gasteiger partial charge in [-0.05, 0) is 55.2 Å². The smallest absolute Gasteiger partial charge is 0.0738 e. The van der Waals surface area contributed by atoms with Gasteiger partial charge in [-0.25, -0.2) is 0 Å². The molecule has 0 saturated heterocycles. The van der Waals surface area contributed by atoms with Gasteiger partial charge in [-0.2, -0.15) is 5.10 Å². The molecular formula is C11H20BrN3. The summed E-state index contributed by atoms with van der Waals surface area (Å²) in [7, 11) is 4.01. The normalized spacial score (nSPS) is 13.1. The van der Waals surface area contributed by atoms with Crippen LogP contribution in [0.5, 0.6) is 0 Å². The van der Waals surface area contributed by atoms with Gasteiger partial charge in [-0.15, -0.1) is 0 Å². The lowest BCUT2D eigenvalue weighted by atomic mass is 10.0. The molecule has 86 valence electrons. The number of nitrogens with one attached hydrogen (secondary N) is 1. The minimum absolute atomic E-state index is 0.684. The number of aryl methyl sites for hydroxylation is 2. The summed E-state index contributed by atoms with van der Waals surface area (Å²) in [5.41, 5.74) is 2.38. The number of rotatable bonds is 5. The third kappa shape index (κ3) is 3.31. The second-order valence-electron chi connectivity index (χ2n) is 4.17. The van der Waals surface area contributed by atoms with Gasteiger partial charge in [0.1, 0.15) is 0 Å². The van der Waals surface area contributed by atoms with Gasteiger partial charge < -0.3 is 5.32 Å². The molecule has 0 radical (unpaired) electrons. The summed E-state index contributed by atoms with van der Waals surface area (Å²) >= 11 is 3.60. The van der Waals surface area contributed by atoms with Crippen molar-refractivity contribution in [2.45, 2.75) is 26.7 Å². The molecule has 4 heteroatoms. The van der Waals surface area contributed by atoms with Crippen LogP contribution in [-0.2, 0) is 13.5 Å². The molecule has 3 nitrogen and oxygen atoms in total. The van der Waals surface area contributed by atoms with Crippen molar-refractivity contribution in [3.63, 3.8) is 0 Å². The first-order valence-corrected chi connectivity index (χ1v) is 6.18. The predicted octanol–water partition coefficient (Wildman–Crippen LogP) is 2.28. The zero-order valence-corrected chi connectivity index (χ0v) is 11.6. The van der Waals surface area contributed by atoms with Crippen LogP contribution >= 0.6 is 15.9 Å². The average molecular weight is 274 g/mol. The van der Waals surface area contributed by atoms with Crippen LogP contribution in [-0.4, -0.2) is 23.4 Å². The van der Waals surface area contributed by atoms with Gasteiger partial charge >= 0.3 is 0 Å². The van der Waals surface area contributed by atoms with E-state index in [0.29, 0.717) is 5.92 Å². The van der Waals surface area contributed by atoms with Gasteiger partial charge in [-0.1, -0.05) is 6.92 Å². The Morgan fingerprint density at radius 3 is 2.67 bits per heavy atom. The molecule has 1 heterocycles. The van der Waals surface area contributed by atoms with Crippen LogP contribution in [0.3, 0.4) is 0 Å². The highest BCUT2D eigenvalue weighted by Crippen LogP contribution is 2.23. The van der Waals surface area contributed by atoms with Crippen molar-refractivity contribution < 1.29 is 0 Å². The van der Waals surface area contributed by atoms with E-state index in [9.17, 15) is 0 Å². The SMILES string of the molecule is CNCCC(C)Cc1c(Br)c(C)nn1C. The molecule has 0 aliphatic heterocycles. The van der Waals surface area contributed by atoms with Crippen molar-refractivity contribution in [3.8, 4) is 0 Å². The molecule has 0 saturated carbocycles. The Labute approximate surface area is 100 Å². The van der Waals surface area contributed by atoms with Crippen LogP contribution < -0.4 is 5.32 Å². The van der Waals surface area contributed by atoms with Crippen molar-refractivity contribution in [1.29, 1.82) is 0 Å². The second-order valence-corrected chi connectivity index (χ2v) is 4.96. The number of hydrogen-bond acceptors (Lipinski definition) is 2. The molecule has 1 aromatic rings. The molecule has 1 aromatic heterocycles. The predicted molar refractivity (Wildman–Crippen MR) is 67.1 cm³/mol. The summed E-state index contributed by atoms with van der Waals surface area (Å²) < 4.78 is 3.15. The number of nitrogens with zero attached hydrogens (tertiary/aromatic N) is 2. The average Bonchev–Trinajstić information content (AvgIpc) is 2.42. The van der Waals surface area contributed by atoms with Crippen molar-refractivity contribution in [1.82, 2.24) is 15.1 Å². The van der Waals surface area contributed by atoms with Gasteiger partial charge in [-0.3, -0.25) is 4.68 Å². The van der Waals surface area contributed by atoms with Gasteiger partial charge in [0.15, 0.2) is 0 Å². The third-order valence-electron chi connectivity index (χ3n) is 2.69. The highest BCUT2D eigenvalue weighted by molar-refractivity contribution is 9.10. The summed E-state index contributed by atoms with van der Waals surface area (Å²) in [6, 6.07) is 0. The Bertz CT molecular complexity index is 320. The maximum absolute atomic E-state index is 4.40. The van der Waals surface area contributed by atoms with Crippen molar-refractivity contribution in [2.24, 2.45) is 13.0 Å². The van der Waals surface area contributed by atoms with Crippen LogP contribution in [0.4, 0.5) is 0 Å². The third-order valence-corrected chi connectivity index (χ3v) is 3.72. The largest absolute Gasteiger partial charge is 0.320 e. The van der Waals surface area contributed by atoms with Crippen LogP contribution in [0.15, 0.2) is 4.47 Å². The minimum atomic E-state index is 0.684. The zero-order chi connectivity index (χ0) is 11.4. The molecule has 1 N–H and O–H groups in total. The van der Waals surface area contributed by atoms with Gasteiger partial charge in [0.25, 0.3) is 0 Å². The molecule has 0 spiro atoms. The Kier molecular flexibility index (Phi) is 4.80. The van der Waals surface area contributed by atoms with Gasteiger partial charge in [0.05, 0.1) is 15.9 Å². The second kappa shape index (κ2) is 5.66. The summed E-state index contributed by atoms with van der Waals surface area (Å²) in [6.07, 6.45) is 2.28. The van der Waals surface area contributed by atoms with Crippen LogP contribution in [0, 0.1) is 12.8 Å². The minimum Gasteiger partial charge on any atom is -0.320 e. The molecule has 1 atom stereocenters. The van der Waals surface area contributed by atoms with Crippen molar-refractivity contribution in [2.75, 3.05) is 13.6 Å². The molecule has 0 bridgehead atoms. The summed E-state index contributed by atoms with van der Waals surface area (Å²) in [4.78, 5) is 0. The van der Waals surface area contributed by atoms with Crippen molar-refractivity contribution >= 4 is 15.9 Å². The lowest BCUT2D eigenvalue weighted by Gasteiger charge is -2.11. The van der Waals surface area contributed by atoms with Crippen LogP contribution in [0.2, 0.25) is 0 Å². The highest BCUT2D eigenvalue weighted by Gasteiger charge is 2.13. The number of hydrogen-bond donors (Lipinski definition) is 1. The van der Waals surface area contributed by atoms with E-state index >= 15 is 0 Å².